The van der Waals surface area contributed by atoms with E-state index in [0.29, 0.717) is 25.2 Å². The van der Waals surface area contributed by atoms with Crippen LogP contribution in [0.1, 0.15) is 31.9 Å². The van der Waals surface area contributed by atoms with Gasteiger partial charge in [-0.05, 0) is 41.6 Å². The van der Waals surface area contributed by atoms with E-state index < -0.39 is 6.17 Å². The first-order valence-electron chi connectivity index (χ1n) is 11.2. The SMILES string of the molecule is Cc1cccc(C(=O)N2CCN(C(=O)Cc3cccs3)C2C(=O)NCc2cccc(CN)c2)c1. The molecule has 2 aromatic carbocycles. The van der Waals surface area contributed by atoms with Crippen LogP contribution in [0.5, 0.6) is 0 Å². The molecule has 3 amide bonds. The Hall–Kier alpha value is -3.49. The summed E-state index contributed by atoms with van der Waals surface area (Å²) < 4.78 is 0. The molecular formula is C26H28N4O3S. The van der Waals surface area contributed by atoms with Crippen molar-refractivity contribution in [3.8, 4) is 0 Å². The summed E-state index contributed by atoms with van der Waals surface area (Å²) >= 11 is 1.50. The lowest BCUT2D eigenvalue weighted by Gasteiger charge is -2.29. The molecule has 34 heavy (non-hydrogen) atoms. The maximum atomic E-state index is 13.4. The third kappa shape index (κ3) is 5.35. The number of amides is 3. The number of hydrogen-bond acceptors (Lipinski definition) is 5. The van der Waals surface area contributed by atoms with Crippen molar-refractivity contribution in [2.45, 2.75) is 32.6 Å². The molecule has 0 saturated carbocycles. The van der Waals surface area contributed by atoms with E-state index in [-0.39, 0.29) is 30.7 Å². The molecule has 4 rings (SSSR count). The zero-order chi connectivity index (χ0) is 24.1. The van der Waals surface area contributed by atoms with Crippen molar-refractivity contribution in [1.29, 1.82) is 0 Å². The van der Waals surface area contributed by atoms with Crippen LogP contribution in [0.25, 0.3) is 0 Å². The first-order valence-corrected chi connectivity index (χ1v) is 12.1. The number of thiophene rings is 1. The second-order valence-electron chi connectivity index (χ2n) is 8.33. The lowest BCUT2D eigenvalue weighted by atomic mass is 10.1. The molecule has 0 aliphatic carbocycles. The maximum absolute atomic E-state index is 13.4. The Kier molecular flexibility index (Phi) is 7.40. The highest BCUT2D eigenvalue weighted by molar-refractivity contribution is 7.10. The van der Waals surface area contributed by atoms with Crippen LogP contribution in [0.3, 0.4) is 0 Å². The average Bonchev–Trinajstić information content (AvgIpc) is 3.52. The zero-order valence-electron chi connectivity index (χ0n) is 19.1. The quantitative estimate of drug-likeness (QED) is 0.548. The fraction of sp³-hybridized carbons (Fsp3) is 0.269. The fourth-order valence-corrected chi connectivity index (χ4v) is 4.84. The van der Waals surface area contributed by atoms with Crippen molar-refractivity contribution in [3.05, 3.63) is 93.2 Å². The van der Waals surface area contributed by atoms with Gasteiger partial charge in [0.15, 0.2) is 6.17 Å². The van der Waals surface area contributed by atoms with Gasteiger partial charge in [-0.3, -0.25) is 14.4 Å². The van der Waals surface area contributed by atoms with Crippen molar-refractivity contribution in [2.24, 2.45) is 5.73 Å². The summed E-state index contributed by atoms with van der Waals surface area (Å²) in [6.07, 6.45) is -0.801. The summed E-state index contributed by atoms with van der Waals surface area (Å²) in [5.41, 5.74) is 9.05. The Balaban J connectivity index is 1.55. The number of benzene rings is 2. The minimum atomic E-state index is -1.00. The maximum Gasteiger partial charge on any atom is 0.264 e. The van der Waals surface area contributed by atoms with Gasteiger partial charge in [-0.2, -0.15) is 0 Å². The summed E-state index contributed by atoms with van der Waals surface area (Å²) in [5, 5.41) is 4.84. The van der Waals surface area contributed by atoms with Gasteiger partial charge in [0.1, 0.15) is 0 Å². The van der Waals surface area contributed by atoms with Gasteiger partial charge in [-0.1, -0.05) is 48.0 Å². The van der Waals surface area contributed by atoms with Crippen LogP contribution in [0.2, 0.25) is 0 Å². The van der Waals surface area contributed by atoms with Crippen molar-refractivity contribution in [3.63, 3.8) is 0 Å². The van der Waals surface area contributed by atoms with E-state index in [1.807, 2.05) is 60.8 Å². The van der Waals surface area contributed by atoms with Crippen LogP contribution < -0.4 is 11.1 Å². The predicted octanol–water partition coefficient (Wildman–Crippen LogP) is 2.68. The van der Waals surface area contributed by atoms with E-state index in [9.17, 15) is 14.4 Å². The topological polar surface area (TPSA) is 95.7 Å². The van der Waals surface area contributed by atoms with Gasteiger partial charge in [0.2, 0.25) is 5.91 Å². The monoisotopic (exact) mass is 476 g/mol. The third-order valence-corrected chi connectivity index (χ3v) is 6.73. The van der Waals surface area contributed by atoms with Gasteiger partial charge >= 0.3 is 0 Å². The first-order chi connectivity index (χ1) is 16.5. The molecule has 3 N–H and O–H groups in total. The molecule has 176 valence electrons. The lowest BCUT2D eigenvalue weighted by Crippen LogP contribution is -2.54. The van der Waals surface area contributed by atoms with E-state index in [4.69, 9.17) is 5.73 Å². The Labute approximate surface area is 203 Å². The molecule has 1 aromatic heterocycles. The summed E-state index contributed by atoms with van der Waals surface area (Å²) in [4.78, 5) is 43.8. The second-order valence-corrected chi connectivity index (χ2v) is 9.36. The number of aryl methyl sites for hydroxylation is 1. The highest BCUT2D eigenvalue weighted by atomic mass is 32.1. The Morgan fingerprint density at radius 1 is 1.00 bits per heavy atom. The second kappa shape index (κ2) is 10.6. The van der Waals surface area contributed by atoms with Gasteiger partial charge in [-0.25, -0.2) is 0 Å². The van der Waals surface area contributed by atoms with Crippen molar-refractivity contribution < 1.29 is 14.4 Å². The van der Waals surface area contributed by atoms with Gasteiger partial charge in [0.25, 0.3) is 11.8 Å². The molecule has 1 aliphatic rings. The van der Waals surface area contributed by atoms with Crippen LogP contribution in [0, 0.1) is 6.92 Å². The number of nitrogens with two attached hydrogens (primary N) is 1. The first kappa shape index (κ1) is 23.7. The summed E-state index contributed by atoms with van der Waals surface area (Å²) in [6.45, 7) is 3.21. The molecule has 1 fully saturated rings. The van der Waals surface area contributed by atoms with Gasteiger partial charge in [-0.15, -0.1) is 11.3 Å². The number of nitrogens with zero attached hydrogens (tertiary/aromatic N) is 2. The molecule has 8 heteroatoms. The van der Waals surface area contributed by atoms with Crippen LogP contribution in [0.15, 0.2) is 66.0 Å². The van der Waals surface area contributed by atoms with E-state index >= 15 is 0 Å². The number of rotatable bonds is 7. The van der Waals surface area contributed by atoms with Crippen LogP contribution in [-0.4, -0.2) is 46.8 Å². The van der Waals surface area contributed by atoms with Crippen LogP contribution in [-0.2, 0) is 29.1 Å². The summed E-state index contributed by atoms with van der Waals surface area (Å²) in [6, 6.07) is 18.7. The van der Waals surface area contributed by atoms with Crippen LogP contribution >= 0.6 is 11.3 Å². The van der Waals surface area contributed by atoms with Crippen molar-refractivity contribution >= 4 is 29.1 Å². The smallest absolute Gasteiger partial charge is 0.264 e. The minimum absolute atomic E-state index is 0.174. The lowest BCUT2D eigenvalue weighted by molar-refractivity contribution is -0.140. The van der Waals surface area contributed by atoms with Crippen LogP contribution in [0.4, 0.5) is 0 Å². The molecule has 0 bridgehead atoms. The van der Waals surface area contributed by atoms with E-state index in [0.717, 1.165) is 21.6 Å². The molecular weight excluding hydrogens is 448 g/mol. The number of carbonyl (C=O) groups is 3. The summed E-state index contributed by atoms with van der Waals surface area (Å²) in [5.74, 6) is -0.816. The molecule has 1 atom stereocenters. The van der Waals surface area contributed by atoms with Gasteiger partial charge in [0, 0.05) is 36.6 Å². The van der Waals surface area contributed by atoms with Gasteiger partial charge in [0.05, 0.1) is 6.42 Å². The molecule has 1 unspecified atom stereocenters. The normalized spacial score (nSPS) is 15.4. The Bertz CT molecular complexity index is 1180. The molecule has 1 saturated heterocycles. The van der Waals surface area contributed by atoms with Crippen molar-refractivity contribution in [1.82, 2.24) is 15.1 Å². The highest BCUT2D eigenvalue weighted by Crippen LogP contribution is 2.21. The van der Waals surface area contributed by atoms with E-state index in [1.54, 1.807) is 12.1 Å². The molecule has 7 nitrogen and oxygen atoms in total. The fourth-order valence-electron chi connectivity index (χ4n) is 4.14. The molecule has 0 spiro atoms. The molecule has 3 aromatic rings. The molecule has 1 aliphatic heterocycles. The largest absolute Gasteiger partial charge is 0.349 e. The average molecular weight is 477 g/mol. The number of hydrogen-bond donors (Lipinski definition) is 2. The Morgan fingerprint density at radius 3 is 2.50 bits per heavy atom. The third-order valence-electron chi connectivity index (χ3n) is 5.85. The van der Waals surface area contributed by atoms with E-state index in [2.05, 4.69) is 5.32 Å². The number of carbonyl (C=O) groups excluding carboxylic acids is 3. The molecule has 0 radical (unpaired) electrons. The molecule has 2 heterocycles. The zero-order valence-corrected chi connectivity index (χ0v) is 19.9. The highest BCUT2D eigenvalue weighted by Gasteiger charge is 2.42. The van der Waals surface area contributed by atoms with Gasteiger partial charge < -0.3 is 20.9 Å². The number of nitrogens with one attached hydrogen (secondary N) is 1. The standard InChI is InChI=1S/C26H28N4O3S/c1-18-5-2-8-21(13-18)26(33)30-11-10-29(23(31)15-22-9-4-12-34-22)25(30)24(32)28-17-20-7-3-6-19(14-20)16-27/h2-9,12-14,25H,10-11,15-17,27H2,1H3,(H,28,32). The minimum Gasteiger partial charge on any atom is -0.349 e. The van der Waals surface area contributed by atoms with E-state index in [1.165, 1.54) is 21.1 Å². The Morgan fingerprint density at radius 2 is 1.76 bits per heavy atom. The van der Waals surface area contributed by atoms with Crippen molar-refractivity contribution in [2.75, 3.05) is 13.1 Å². The summed E-state index contributed by atoms with van der Waals surface area (Å²) in [7, 11) is 0. The predicted molar refractivity (Wildman–Crippen MR) is 132 cm³/mol.